The molecule has 1 atom stereocenters. The molecule has 0 saturated heterocycles. The van der Waals surface area contributed by atoms with Crippen LogP contribution in [-0.4, -0.2) is 21.8 Å². The number of nitrogens with zero attached hydrogens (tertiary/aromatic N) is 1. The normalized spacial score (nSPS) is 12.5. The Balaban J connectivity index is 2.10. The summed E-state index contributed by atoms with van der Waals surface area (Å²) in [6.07, 6.45) is 1.99. The van der Waals surface area contributed by atoms with Crippen LogP contribution >= 0.6 is 0 Å². The number of pyridine rings is 1. The average molecular weight is 314 g/mol. The number of nitrogens with one attached hydrogen (secondary N) is 1. The lowest BCUT2D eigenvalue weighted by molar-refractivity contribution is 0.0523. The smallest absolute Gasteiger partial charge is 0.407 e. The first kappa shape index (κ1) is 17.0. The van der Waals surface area contributed by atoms with Gasteiger partial charge >= 0.3 is 6.09 Å². The highest BCUT2D eigenvalue weighted by Crippen LogP contribution is 2.24. The number of alkyl carbamates (subject to hydrolysis) is 1. The van der Waals surface area contributed by atoms with Crippen LogP contribution in [0.15, 0.2) is 48.8 Å². The minimum atomic E-state index is -0.769. The summed E-state index contributed by atoms with van der Waals surface area (Å²) in [7, 11) is 0. The highest BCUT2D eigenvalue weighted by atomic mass is 16.6. The average Bonchev–Trinajstić information content (AvgIpc) is 2.52. The van der Waals surface area contributed by atoms with E-state index in [4.69, 9.17) is 4.74 Å². The van der Waals surface area contributed by atoms with E-state index >= 15 is 0 Å². The Morgan fingerprint density at radius 2 is 1.96 bits per heavy atom. The van der Waals surface area contributed by atoms with Crippen molar-refractivity contribution in [1.29, 1.82) is 0 Å². The van der Waals surface area contributed by atoms with E-state index in [2.05, 4.69) is 10.3 Å². The Kier molecular flexibility index (Phi) is 5.34. The molecule has 1 heterocycles. The van der Waals surface area contributed by atoms with Gasteiger partial charge in [-0.05, 0) is 43.5 Å². The van der Waals surface area contributed by atoms with Crippen LogP contribution in [0, 0.1) is 0 Å². The Morgan fingerprint density at radius 1 is 1.26 bits per heavy atom. The minimum absolute atomic E-state index is 0.238. The van der Waals surface area contributed by atoms with Gasteiger partial charge in [-0.1, -0.05) is 30.3 Å². The van der Waals surface area contributed by atoms with Gasteiger partial charge in [0.05, 0.1) is 0 Å². The van der Waals surface area contributed by atoms with E-state index in [1.165, 1.54) is 0 Å². The maximum atomic E-state index is 11.8. The van der Waals surface area contributed by atoms with Crippen molar-refractivity contribution in [2.75, 3.05) is 0 Å². The number of rotatable bonds is 4. The molecule has 0 aliphatic carbocycles. The largest absolute Gasteiger partial charge is 0.444 e. The van der Waals surface area contributed by atoms with Gasteiger partial charge in [0.1, 0.15) is 11.7 Å². The molecule has 5 heteroatoms. The number of hydrogen-bond acceptors (Lipinski definition) is 4. The summed E-state index contributed by atoms with van der Waals surface area (Å²) in [5.41, 5.74) is 1.69. The molecule has 0 bridgehead atoms. The molecule has 2 rings (SSSR count). The third-order valence-corrected chi connectivity index (χ3v) is 3.17. The molecule has 2 N–H and O–H groups in total. The Hall–Kier alpha value is -2.40. The number of carbonyl (C=O) groups is 1. The first-order valence-corrected chi connectivity index (χ1v) is 7.49. The summed E-state index contributed by atoms with van der Waals surface area (Å²) in [5, 5.41) is 13.2. The van der Waals surface area contributed by atoms with Crippen molar-refractivity contribution in [2.24, 2.45) is 0 Å². The van der Waals surface area contributed by atoms with Crippen molar-refractivity contribution in [1.82, 2.24) is 10.3 Å². The molecule has 0 fully saturated rings. The molecule has 5 nitrogen and oxygen atoms in total. The SMILES string of the molecule is CC(C)(C)OC(=O)NCc1cnccc1C(O)c1ccccc1. The number of hydrogen-bond donors (Lipinski definition) is 2. The molecule has 122 valence electrons. The quantitative estimate of drug-likeness (QED) is 0.909. The van der Waals surface area contributed by atoms with Gasteiger partial charge in [0, 0.05) is 18.9 Å². The van der Waals surface area contributed by atoms with Crippen molar-refractivity contribution in [3.8, 4) is 0 Å². The van der Waals surface area contributed by atoms with E-state index in [1.807, 2.05) is 30.3 Å². The van der Waals surface area contributed by atoms with E-state index in [-0.39, 0.29) is 6.54 Å². The molecule has 2 aromatic rings. The molecule has 1 aromatic heterocycles. The molecule has 23 heavy (non-hydrogen) atoms. The summed E-state index contributed by atoms with van der Waals surface area (Å²) in [5.74, 6) is 0. The van der Waals surface area contributed by atoms with Crippen LogP contribution in [0.25, 0.3) is 0 Å². The fourth-order valence-corrected chi connectivity index (χ4v) is 2.15. The van der Waals surface area contributed by atoms with Gasteiger partial charge < -0.3 is 15.2 Å². The van der Waals surface area contributed by atoms with E-state index in [0.717, 1.165) is 11.1 Å². The van der Waals surface area contributed by atoms with Gasteiger partial charge in [-0.3, -0.25) is 4.98 Å². The summed E-state index contributed by atoms with van der Waals surface area (Å²) < 4.78 is 5.21. The van der Waals surface area contributed by atoms with Crippen LogP contribution in [0.5, 0.6) is 0 Å². The lowest BCUT2D eigenvalue weighted by Gasteiger charge is -2.20. The molecule has 0 radical (unpaired) electrons. The summed E-state index contributed by atoms with van der Waals surface area (Å²) in [6.45, 7) is 5.66. The van der Waals surface area contributed by atoms with Crippen molar-refractivity contribution in [3.05, 3.63) is 65.5 Å². The maximum Gasteiger partial charge on any atom is 0.407 e. The molecular weight excluding hydrogens is 292 g/mol. The van der Waals surface area contributed by atoms with Crippen LogP contribution in [-0.2, 0) is 11.3 Å². The number of aliphatic hydroxyl groups excluding tert-OH is 1. The van der Waals surface area contributed by atoms with E-state index in [9.17, 15) is 9.90 Å². The number of aromatic nitrogens is 1. The van der Waals surface area contributed by atoms with Crippen molar-refractivity contribution < 1.29 is 14.6 Å². The number of benzene rings is 1. The maximum absolute atomic E-state index is 11.8. The number of ether oxygens (including phenoxy) is 1. The van der Waals surface area contributed by atoms with Gasteiger partial charge in [0.25, 0.3) is 0 Å². The molecule has 0 spiro atoms. The second-order valence-corrected chi connectivity index (χ2v) is 6.24. The topological polar surface area (TPSA) is 71.5 Å². The standard InChI is InChI=1S/C18H22N2O3/c1-18(2,3)23-17(22)20-12-14-11-19-10-9-15(14)16(21)13-7-5-4-6-8-13/h4-11,16,21H,12H2,1-3H3,(H,20,22). The van der Waals surface area contributed by atoms with Gasteiger partial charge in [0.15, 0.2) is 0 Å². The van der Waals surface area contributed by atoms with E-state index < -0.39 is 17.8 Å². The highest BCUT2D eigenvalue weighted by Gasteiger charge is 2.18. The predicted molar refractivity (Wildman–Crippen MR) is 87.8 cm³/mol. The third-order valence-electron chi connectivity index (χ3n) is 3.17. The Bertz CT molecular complexity index is 651. The van der Waals surface area contributed by atoms with Crippen molar-refractivity contribution in [2.45, 2.75) is 39.0 Å². The Labute approximate surface area is 136 Å². The first-order chi connectivity index (χ1) is 10.9. The van der Waals surface area contributed by atoms with Gasteiger partial charge in [-0.2, -0.15) is 0 Å². The summed E-state index contributed by atoms with van der Waals surface area (Å²) >= 11 is 0. The van der Waals surface area contributed by atoms with Gasteiger partial charge in [-0.15, -0.1) is 0 Å². The fourth-order valence-electron chi connectivity index (χ4n) is 2.15. The molecule has 1 amide bonds. The van der Waals surface area contributed by atoms with E-state index in [0.29, 0.717) is 5.56 Å². The first-order valence-electron chi connectivity index (χ1n) is 7.49. The van der Waals surface area contributed by atoms with Crippen LogP contribution < -0.4 is 5.32 Å². The molecule has 0 aliphatic heterocycles. The molecule has 1 unspecified atom stereocenters. The zero-order chi connectivity index (χ0) is 16.9. The number of aliphatic hydroxyl groups is 1. The summed E-state index contributed by atoms with van der Waals surface area (Å²) in [6, 6.07) is 11.1. The van der Waals surface area contributed by atoms with Gasteiger partial charge in [0.2, 0.25) is 0 Å². The molecule has 1 aromatic carbocycles. The van der Waals surface area contributed by atoms with Crippen LogP contribution in [0.1, 0.15) is 43.6 Å². The second-order valence-electron chi connectivity index (χ2n) is 6.24. The molecule has 0 saturated carbocycles. The lowest BCUT2D eigenvalue weighted by Crippen LogP contribution is -2.32. The highest BCUT2D eigenvalue weighted by molar-refractivity contribution is 5.67. The number of amides is 1. The predicted octanol–water partition coefficient (Wildman–Crippen LogP) is 3.19. The molecule has 0 aliphatic rings. The monoisotopic (exact) mass is 314 g/mol. The molecular formula is C18H22N2O3. The third kappa shape index (κ3) is 5.07. The van der Waals surface area contributed by atoms with E-state index in [1.54, 1.807) is 39.2 Å². The van der Waals surface area contributed by atoms with Crippen LogP contribution in [0.2, 0.25) is 0 Å². The number of carbonyl (C=O) groups excluding carboxylic acids is 1. The van der Waals surface area contributed by atoms with Crippen LogP contribution in [0.3, 0.4) is 0 Å². The second kappa shape index (κ2) is 7.24. The summed E-state index contributed by atoms with van der Waals surface area (Å²) in [4.78, 5) is 15.8. The van der Waals surface area contributed by atoms with Gasteiger partial charge in [-0.25, -0.2) is 4.79 Å². The minimum Gasteiger partial charge on any atom is -0.444 e. The Morgan fingerprint density at radius 3 is 2.61 bits per heavy atom. The zero-order valence-electron chi connectivity index (χ0n) is 13.6. The lowest BCUT2D eigenvalue weighted by atomic mass is 9.98. The fraction of sp³-hybridized carbons (Fsp3) is 0.333. The van der Waals surface area contributed by atoms with Crippen molar-refractivity contribution >= 4 is 6.09 Å². The van der Waals surface area contributed by atoms with Crippen LogP contribution in [0.4, 0.5) is 4.79 Å². The van der Waals surface area contributed by atoms with Crippen molar-refractivity contribution in [3.63, 3.8) is 0 Å². The zero-order valence-corrected chi connectivity index (χ0v) is 13.6.